The molecular formula is C22H45NO5. The van der Waals surface area contributed by atoms with Crippen molar-refractivity contribution < 1.29 is 24.9 Å². The topological polar surface area (TPSA) is 113 Å². The van der Waals surface area contributed by atoms with Gasteiger partial charge in [-0.3, -0.25) is 4.79 Å². The number of nitrogens with two attached hydrogens (primary N) is 1. The van der Waals surface area contributed by atoms with Gasteiger partial charge in [0.2, 0.25) is 0 Å². The van der Waals surface area contributed by atoms with Crippen molar-refractivity contribution in [2.45, 2.75) is 121 Å². The molecule has 0 aliphatic heterocycles. The van der Waals surface area contributed by atoms with Gasteiger partial charge in [-0.1, -0.05) is 84.0 Å². The largest absolute Gasteiger partial charge is 0.464 e. The van der Waals surface area contributed by atoms with Crippen molar-refractivity contribution in [1.82, 2.24) is 0 Å². The van der Waals surface area contributed by atoms with Crippen molar-refractivity contribution in [1.29, 1.82) is 0 Å². The smallest absolute Gasteiger partial charge is 0.305 e. The lowest BCUT2D eigenvalue weighted by Gasteiger charge is -2.23. The summed E-state index contributed by atoms with van der Waals surface area (Å²) in [6.07, 6.45) is 14.0. The molecule has 0 saturated carbocycles. The van der Waals surface area contributed by atoms with Crippen molar-refractivity contribution in [2.24, 2.45) is 5.73 Å². The fourth-order valence-corrected chi connectivity index (χ4v) is 3.23. The van der Waals surface area contributed by atoms with Gasteiger partial charge in [0.05, 0.1) is 18.2 Å². The number of hydrogen-bond acceptors (Lipinski definition) is 6. The predicted octanol–water partition coefficient (Wildman–Crippen LogP) is 3.44. The molecule has 0 spiro atoms. The second-order valence-corrected chi connectivity index (χ2v) is 7.91. The molecule has 0 aliphatic carbocycles. The van der Waals surface area contributed by atoms with Gasteiger partial charge >= 0.3 is 5.97 Å². The summed E-state index contributed by atoms with van der Waals surface area (Å²) in [5.74, 6) is -0.452. The number of carbonyl (C=O) groups excluding carboxylic acids is 1. The maximum atomic E-state index is 11.4. The van der Waals surface area contributed by atoms with Crippen molar-refractivity contribution in [3.8, 4) is 0 Å². The molecule has 0 saturated heterocycles. The van der Waals surface area contributed by atoms with Crippen LogP contribution in [0.5, 0.6) is 0 Å². The molecule has 28 heavy (non-hydrogen) atoms. The standard InChI is InChI=1S/C22H45NO5/c1-2-3-4-5-6-7-8-9-10-11-12-13-15-20(25)22(27)19(23)18-28-21(26)16-14-17-24/h19-20,22,24-25,27H,2-18,23H2,1H3. The van der Waals surface area contributed by atoms with Gasteiger partial charge < -0.3 is 25.8 Å². The zero-order chi connectivity index (χ0) is 21.0. The molecule has 6 heteroatoms. The third kappa shape index (κ3) is 16.3. The lowest BCUT2D eigenvalue weighted by atomic mass is 10.00. The lowest BCUT2D eigenvalue weighted by molar-refractivity contribution is -0.145. The molecule has 0 aromatic carbocycles. The molecule has 0 aliphatic rings. The van der Waals surface area contributed by atoms with Crippen molar-refractivity contribution in [3.63, 3.8) is 0 Å². The summed E-state index contributed by atoms with van der Waals surface area (Å²) >= 11 is 0. The van der Waals surface area contributed by atoms with Crippen LogP contribution in [0.2, 0.25) is 0 Å². The van der Waals surface area contributed by atoms with Gasteiger partial charge in [-0.2, -0.15) is 0 Å². The zero-order valence-electron chi connectivity index (χ0n) is 18.0. The Hall–Kier alpha value is -0.690. The minimum atomic E-state index is -1.10. The normalized spacial score (nSPS) is 14.6. The second kappa shape index (κ2) is 19.6. The van der Waals surface area contributed by atoms with Crippen LogP contribution in [0.1, 0.15) is 103 Å². The zero-order valence-corrected chi connectivity index (χ0v) is 18.0. The average Bonchev–Trinajstić information content (AvgIpc) is 2.70. The quantitative estimate of drug-likeness (QED) is 0.183. The number of carbonyl (C=O) groups is 1. The van der Waals surface area contributed by atoms with E-state index in [-0.39, 0.29) is 19.6 Å². The maximum Gasteiger partial charge on any atom is 0.305 e. The summed E-state index contributed by atoms with van der Waals surface area (Å²) in [4.78, 5) is 11.4. The highest BCUT2D eigenvalue weighted by Gasteiger charge is 2.24. The Labute approximate surface area is 171 Å². The van der Waals surface area contributed by atoms with E-state index in [1.54, 1.807) is 0 Å². The number of esters is 1. The highest BCUT2D eigenvalue weighted by atomic mass is 16.5. The third-order valence-corrected chi connectivity index (χ3v) is 5.16. The van der Waals surface area contributed by atoms with Crippen molar-refractivity contribution in [2.75, 3.05) is 13.2 Å². The molecule has 0 bridgehead atoms. The van der Waals surface area contributed by atoms with Crippen LogP contribution >= 0.6 is 0 Å². The van der Waals surface area contributed by atoms with E-state index in [1.165, 1.54) is 57.8 Å². The summed E-state index contributed by atoms with van der Waals surface area (Å²) in [5, 5.41) is 28.8. The monoisotopic (exact) mass is 403 g/mol. The number of ether oxygens (including phenoxy) is 1. The first-order chi connectivity index (χ1) is 13.5. The number of aliphatic hydroxyl groups excluding tert-OH is 3. The Morgan fingerprint density at radius 2 is 1.36 bits per heavy atom. The average molecular weight is 404 g/mol. The van der Waals surface area contributed by atoms with Crippen LogP contribution in [0.4, 0.5) is 0 Å². The summed E-state index contributed by atoms with van der Waals surface area (Å²) in [6, 6.07) is -0.801. The highest BCUT2D eigenvalue weighted by molar-refractivity contribution is 5.69. The minimum Gasteiger partial charge on any atom is -0.464 e. The Bertz CT molecular complexity index is 354. The van der Waals surface area contributed by atoms with Crippen LogP contribution in [-0.4, -0.2) is 52.8 Å². The number of rotatable bonds is 20. The fourth-order valence-electron chi connectivity index (χ4n) is 3.23. The van der Waals surface area contributed by atoms with E-state index in [0.29, 0.717) is 12.8 Å². The first kappa shape index (κ1) is 27.3. The van der Waals surface area contributed by atoms with Gasteiger partial charge in [-0.15, -0.1) is 0 Å². The molecule has 5 N–H and O–H groups in total. The van der Waals surface area contributed by atoms with Gasteiger partial charge in [0.15, 0.2) is 0 Å². The number of aliphatic hydroxyl groups is 3. The molecule has 0 fully saturated rings. The van der Waals surface area contributed by atoms with Gasteiger partial charge in [-0.25, -0.2) is 0 Å². The Kier molecular flexibility index (Phi) is 19.1. The molecule has 6 nitrogen and oxygen atoms in total. The Morgan fingerprint density at radius 3 is 1.86 bits per heavy atom. The highest BCUT2D eigenvalue weighted by Crippen LogP contribution is 2.14. The molecule has 0 heterocycles. The van der Waals surface area contributed by atoms with Crippen LogP contribution in [0.3, 0.4) is 0 Å². The molecule has 0 amide bonds. The molecule has 0 aromatic heterocycles. The van der Waals surface area contributed by atoms with E-state index in [2.05, 4.69) is 6.92 Å². The Morgan fingerprint density at radius 1 is 0.857 bits per heavy atom. The minimum absolute atomic E-state index is 0.0679. The summed E-state index contributed by atoms with van der Waals surface area (Å²) in [7, 11) is 0. The van der Waals surface area contributed by atoms with Gasteiger partial charge in [0, 0.05) is 13.0 Å². The number of unbranched alkanes of at least 4 members (excludes halogenated alkanes) is 11. The molecule has 0 rings (SSSR count). The molecule has 0 radical (unpaired) electrons. The van der Waals surface area contributed by atoms with Crippen molar-refractivity contribution >= 4 is 5.97 Å². The van der Waals surface area contributed by atoms with Gasteiger partial charge in [-0.05, 0) is 12.8 Å². The SMILES string of the molecule is CCCCCCCCCCCCCCC(O)C(O)C(N)COC(=O)CCCO. The summed E-state index contributed by atoms with van der Waals surface area (Å²) in [5.41, 5.74) is 5.80. The van der Waals surface area contributed by atoms with Gasteiger partial charge in [0.1, 0.15) is 6.61 Å². The van der Waals surface area contributed by atoms with Crippen molar-refractivity contribution in [3.05, 3.63) is 0 Å². The van der Waals surface area contributed by atoms with Crippen LogP contribution in [0, 0.1) is 0 Å². The van der Waals surface area contributed by atoms with Crippen LogP contribution < -0.4 is 5.73 Å². The van der Waals surface area contributed by atoms with E-state index < -0.39 is 24.2 Å². The van der Waals surface area contributed by atoms with E-state index in [0.717, 1.165) is 19.3 Å². The Balaban J connectivity index is 3.56. The first-order valence-corrected chi connectivity index (χ1v) is 11.4. The first-order valence-electron chi connectivity index (χ1n) is 11.4. The predicted molar refractivity (Wildman–Crippen MR) is 113 cm³/mol. The second-order valence-electron chi connectivity index (χ2n) is 7.91. The third-order valence-electron chi connectivity index (χ3n) is 5.16. The van der Waals surface area contributed by atoms with E-state index in [4.69, 9.17) is 15.6 Å². The van der Waals surface area contributed by atoms with Crippen LogP contribution in [0.25, 0.3) is 0 Å². The summed E-state index contributed by atoms with van der Waals surface area (Å²) in [6.45, 7) is 2.05. The molecule has 0 aromatic rings. The maximum absolute atomic E-state index is 11.4. The van der Waals surface area contributed by atoms with E-state index in [1.807, 2.05) is 0 Å². The molecule has 3 unspecified atom stereocenters. The van der Waals surface area contributed by atoms with Crippen LogP contribution in [0.15, 0.2) is 0 Å². The summed E-state index contributed by atoms with van der Waals surface area (Å²) < 4.78 is 4.95. The number of hydrogen-bond donors (Lipinski definition) is 4. The van der Waals surface area contributed by atoms with Gasteiger partial charge in [0.25, 0.3) is 0 Å². The van der Waals surface area contributed by atoms with E-state index >= 15 is 0 Å². The fraction of sp³-hybridized carbons (Fsp3) is 0.955. The molecule has 168 valence electrons. The van der Waals surface area contributed by atoms with Crippen LogP contribution in [-0.2, 0) is 9.53 Å². The van der Waals surface area contributed by atoms with E-state index in [9.17, 15) is 15.0 Å². The lowest BCUT2D eigenvalue weighted by Crippen LogP contribution is -2.46. The molecule has 3 atom stereocenters. The molecular weight excluding hydrogens is 358 g/mol.